The first-order chi connectivity index (χ1) is 12.4. The lowest BCUT2D eigenvalue weighted by Gasteiger charge is -2.26. The summed E-state index contributed by atoms with van der Waals surface area (Å²) in [6.45, 7) is 4.23. The smallest absolute Gasteiger partial charge is 0.247 e. The van der Waals surface area contributed by atoms with Crippen LogP contribution < -0.4 is 0 Å². The number of benzene rings is 1. The molecular weight excluding hydrogens is 372 g/mol. The van der Waals surface area contributed by atoms with Gasteiger partial charge in [-0.05, 0) is 38.0 Å². The topological polar surface area (TPSA) is 81.8 Å². The number of nitrogens with zero attached hydrogens (tertiary/aromatic N) is 2. The first-order valence-corrected chi connectivity index (χ1v) is 10.2. The molecule has 0 saturated heterocycles. The van der Waals surface area contributed by atoms with Gasteiger partial charge in [0.1, 0.15) is 4.90 Å². The van der Waals surface area contributed by atoms with Crippen LogP contribution in [0.1, 0.15) is 23.4 Å². The molecule has 0 unspecified atom stereocenters. The molecule has 3 heterocycles. The van der Waals surface area contributed by atoms with Crippen molar-refractivity contribution in [2.75, 3.05) is 13.1 Å². The Hall–Kier alpha value is -2.09. The molecule has 0 atom stereocenters. The summed E-state index contributed by atoms with van der Waals surface area (Å²) >= 11 is 6.04. The summed E-state index contributed by atoms with van der Waals surface area (Å²) in [7, 11) is -3.55. The molecule has 2 aromatic heterocycles. The molecule has 136 valence electrons. The van der Waals surface area contributed by atoms with Crippen molar-refractivity contribution in [2.24, 2.45) is 0 Å². The fraction of sp³-hybridized carbons (Fsp3) is 0.278. The monoisotopic (exact) mass is 390 g/mol. The second kappa shape index (κ2) is 6.26. The molecule has 1 aromatic carbocycles. The Morgan fingerprint density at radius 3 is 2.73 bits per heavy atom. The predicted molar refractivity (Wildman–Crippen MR) is 103 cm³/mol. The van der Waals surface area contributed by atoms with Crippen molar-refractivity contribution in [2.45, 2.75) is 25.2 Å². The highest BCUT2D eigenvalue weighted by atomic mass is 35.5. The van der Waals surface area contributed by atoms with E-state index in [0.29, 0.717) is 35.9 Å². The van der Waals surface area contributed by atoms with Gasteiger partial charge in [-0.15, -0.1) is 0 Å². The van der Waals surface area contributed by atoms with E-state index in [-0.39, 0.29) is 4.90 Å². The van der Waals surface area contributed by atoms with Crippen molar-refractivity contribution in [3.05, 3.63) is 52.4 Å². The molecule has 8 heteroatoms. The van der Waals surface area contributed by atoms with Crippen LogP contribution in [0.15, 0.2) is 35.4 Å². The van der Waals surface area contributed by atoms with Gasteiger partial charge in [0.2, 0.25) is 10.0 Å². The van der Waals surface area contributed by atoms with Crippen molar-refractivity contribution >= 4 is 38.1 Å². The zero-order chi connectivity index (χ0) is 18.5. The van der Waals surface area contributed by atoms with E-state index in [4.69, 9.17) is 11.6 Å². The summed E-state index contributed by atoms with van der Waals surface area (Å²) in [6, 6.07) is 5.75. The molecule has 0 bridgehead atoms. The predicted octanol–water partition coefficient (Wildman–Crippen LogP) is 3.64. The zero-order valence-electron chi connectivity index (χ0n) is 14.5. The molecule has 3 aromatic rings. The number of aromatic amines is 2. The SMILES string of the molecule is Cc1n[nH]c(C)c1S(=O)(=O)N1CC=C(c2c[nH]c3cc(Cl)ccc23)CC1. The van der Waals surface area contributed by atoms with Gasteiger partial charge in [-0.2, -0.15) is 9.40 Å². The highest BCUT2D eigenvalue weighted by molar-refractivity contribution is 7.89. The van der Waals surface area contributed by atoms with Gasteiger partial charge in [-0.3, -0.25) is 5.10 Å². The Kier molecular flexibility index (Phi) is 4.17. The fourth-order valence-electron chi connectivity index (χ4n) is 3.53. The van der Waals surface area contributed by atoms with Gasteiger partial charge >= 0.3 is 0 Å². The number of nitrogens with one attached hydrogen (secondary N) is 2. The quantitative estimate of drug-likeness (QED) is 0.716. The first kappa shape index (κ1) is 17.3. The third-order valence-corrected chi connectivity index (χ3v) is 7.18. The van der Waals surface area contributed by atoms with E-state index in [9.17, 15) is 8.42 Å². The number of fused-ring (bicyclic) bond motifs is 1. The average Bonchev–Trinajstić information content (AvgIpc) is 3.18. The lowest BCUT2D eigenvalue weighted by Crippen LogP contribution is -2.35. The molecule has 1 aliphatic rings. The van der Waals surface area contributed by atoms with Crippen molar-refractivity contribution < 1.29 is 8.42 Å². The second-order valence-corrected chi connectivity index (χ2v) is 8.81. The van der Waals surface area contributed by atoms with Gasteiger partial charge < -0.3 is 4.98 Å². The van der Waals surface area contributed by atoms with Gasteiger partial charge in [0.25, 0.3) is 0 Å². The molecule has 0 spiro atoms. The molecule has 6 nitrogen and oxygen atoms in total. The third-order valence-electron chi connectivity index (χ3n) is 4.82. The Morgan fingerprint density at radius 1 is 1.27 bits per heavy atom. The van der Waals surface area contributed by atoms with Crippen LogP contribution in [0.3, 0.4) is 0 Å². The molecule has 26 heavy (non-hydrogen) atoms. The summed E-state index contributed by atoms with van der Waals surface area (Å²) < 4.78 is 27.4. The van der Waals surface area contributed by atoms with E-state index in [0.717, 1.165) is 22.0 Å². The summed E-state index contributed by atoms with van der Waals surface area (Å²) in [5.74, 6) is 0. The standard InChI is InChI=1S/C18H19ClN4O2S/c1-11-18(12(2)22-21-11)26(24,25)23-7-5-13(6-8-23)16-10-20-17-9-14(19)3-4-15(16)17/h3-5,9-10,20H,6-8H2,1-2H3,(H,21,22). The molecule has 1 aliphatic heterocycles. The Bertz CT molecular complexity index is 1110. The second-order valence-electron chi connectivity index (χ2n) is 6.50. The van der Waals surface area contributed by atoms with Crippen molar-refractivity contribution in [1.82, 2.24) is 19.5 Å². The molecule has 0 fully saturated rings. The van der Waals surface area contributed by atoms with E-state index < -0.39 is 10.0 Å². The summed E-state index contributed by atoms with van der Waals surface area (Å²) in [5.41, 5.74) is 4.31. The summed E-state index contributed by atoms with van der Waals surface area (Å²) in [5, 5.41) is 8.55. The number of rotatable bonds is 3. The number of halogens is 1. The summed E-state index contributed by atoms with van der Waals surface area (Å²) in [4.78, 5) is 3.52. The zero-order valence-corrected chi connectivity index (χ0v) is 16.1. The number of hydrogen-bond acceptors (Lipinski definition) is 3. The highest BCUT2D eigenvalue weighted by Gasteiger charge is 2.31. The minimum Gasteiger partial charge on any atom is -0.361 e. The number of aromatic nitrogens is 3. The maximum Gasteiger partial charge on any atom is 0.247 e. The first-order valence-electron chi connectivity index (χ1n) is 8.35. The van der Waals surface area contributed by atoms with E-state index in [1.54, 1.807) is 13.8 Å². The Morgan fingerprint density at radius 2 is 2.08 bits per heavy atom. The normalized spacial score (nSPS) is 16.2. The van der Waals surface area contributed by atoms with Crippen molar-refractivity contribution in [1.29, 1.82) is 0 Å². The molecule has 0 aliphatic carbocycles. The van der Waals surface area contributed by atoms with Gasteiger partial charge in [0.05, 0.1) is 11.4 Å². The van der Waals surface area contributed by atoms with E-state index in [1.165, 1.54) is 4.31 Å². The maximum atomic E-state index is 12.9. The van der Waals surface area contributed by atoms with Crippen LogP contribution in [-0.4, -0.2) is 41.0 Å². The van der Waals surface area contributed by atoms with Crippen molar-refractivity contribution in [3.8, 4) is 0 Å². The minimum absolute atomic E-state index is 0.288. The van der Waals surface area contributed by atoms with Crippen LogP contribution in [0.25, 0.3) is 16.5 Å². The molecule has 0 amide bonds. The number of sulfonamides is 1. The van der Waals surface area contributed by atoms with Crippen LogP contribution in [0.5, 0.6) is 0 Å². The van der Waals surface area contributed by atoms with E-state index >= 15 is 0 Å². The largest absolute Gasteiger partial charge is 0.361 e. The average molecular weight is 391 g/mol. The van der Waals surface area contributed by atoms with Crippen LogP contribution in [0.4, 0.5) is 0 Å². The number of hydrogen-bond donors (Lipinski definition) is 2. The molecule has 4 rings (SSSR count). The van der Waals surface area contributed by atoms with Crippen LogP contribution in [0.2, 0.25) is 5.02 Å². The number of H-pyrrole nitrogens is 2. The van der Waals surface area contributed by atoms with Gasteiger partial charge in [-0.25, -0.2) is 8.42 Å². The van der Waals surface area contributed by atoms with Gasteiger partial charge in [0, 0.05) is 40.8 Å². The summed E-state index contributed by atoms with van der Waals surface area (Å²) in [6.07, 6.45) is 4.61. The fourth-order valence-corrected chi connectivity index (χ4v) is 5.41. The van der Waals surface area contributed by atoms with Gasteiger partial charge in [0.15, 0.2) is 0 Å². The lowest BCUT2D eigenvalue weighted by atomic mass is 10.00. The molecule has 2 N–H and O–H groups in total. The van der Waals surface area contributed by atoms with E-state index in [1.807, 2.05) is 30.5 Å². The van der Waals surface area contributed by atoms with Crippen LogP contribution >= 0.6 is 11.6 Å². The Labute approximate surface area is 156 Å². The molecule has 0 radical (unpaired) electrons. The van der Waals surface area contributed by atoms with Crippen molar-refractivity contribution in [3.63, 3.8) is 0 Å². The third kappa shape index (κ3) is 2.76. The minimum atomic E-state index is -3.55. The number of aryl methyl sites for hydroxylation is 2. The van der Waals surface area contributed by atoms with E-state index in [2.05, 4.69) is 15.2 Å². The van der Waals surface area contributed by atoms with Gasteiger partial charge in [-0.1, -0.05) is 23.7 Å². The highest BCUT2D eigenvalue weighted by Crippen LogP contribution is 2.32. The Balaban J connectivity index is 1.64. The molecular formula is C18H19ClN4O2S. The molecule has 0 saturated carbocycles. The maximum absolute atomic E-state index is 12.9. The van der Waals surface area contributed by atoms with Crippen LogP contribution in [-0.2, 0) is 10.0 Å². The van der Waals surface area contributed by atoms with Crippen LogP contribution in [0, 0.1) is 13.8 Å². The lowest BCUT2D eigenvalue weighted by molar-refractivity contribution is 0.440.